The molecule has 4 aromatic rings. The van der Waals surface area contributed by atoms with Crippen molar-refractivity contribution in [3.8, 4) is 16.9 Å². The molecule has 0 fully saturated rings. The number of nitrogens with zero attached hydrogens (tertiary/aromatic N) is 2. The van der Waals surface area contributed by atoms with Crippen LogP contribution in [0.2, 0.25) is 0 Å². The van der Waals surface area contributed by atoms with Crippen LogP contribution in [0.15, 0.2) is 64.8 Å². The maximum absolute atomic E-state index is 12.7. The van der Waals surface area contributed by atoms with Crippen LogP contribution in [-0.2, 0) is 13.1 Å². The van der Waals surface area contributed by atoms with E-state index in [4.69, 9.17) is 9.72 Å². The normalized spacial score (nSPS) is 11.2. The Bertz CT molecular complexity index is 1130. The fraction of sp³-hybridized carbons (Fsp3) is 0.182. The number of nitrogens with one attached hydrogen (secondary N) is 1. The average molecular weight is 391 g/mol. The molecule has 0 amide bonds. The standard InChI is InChI=1S/C22H21N3O2S/c1-25(12-15-8-10-17(27-2)11-9-15)13-19-23-21(26)20-18(14-28-22(20)24-19)16-6-4-3-5-7-16/h3-11,14H,12-13H2,1-2H3,(H,23,24,26). The van der Waals surface area contributed by atoms with E-state index < -0.39 is 0 Å². The Morgan fingerprint density at radius 1 is 1.07 bits per heavy atom. The topological polar surface area (TPSA) is 58.2 Å². The van der Waals surface area contributed by atoms with Gasteiger partial charge in [-0.2, -0.15) is 0 Å². The lowest BCUT2D eigenvalue weighted by molar-refractivity contribution is 0.310. The summed E-state index contributed by atoms with van der Waals surface area (Å²) in [5.41, 5.74) is 3.06. The van der Waals surface area contributed by atoms with Crippen molar-refractivity contribution in [2.45, 2.75) is 13.1 Å². The Hall–Kier alpha value is -2.96. The monoisotopic (exact) mass is 391 g/mol. The van der Waals surface area contributed by atoms with Crippen LogP contribution in [0.1, 0.15) is 11.4 Å². The first-order valence-corrected chi connectivity index (χ1v) is 9.89. The van der Waals surface area contributed by atoms with Crippen LogP contribution in [0.3, 0.4) is 0 Å². The number of aromatic nitrogens is 2. The minimum atomic E-state index is -0.0852. The highest BCUT2D eigenvalue weighted by Crippen LogP contribution is 2.30. The first-order chi connectivity index (χ1) is 13.6. The molecule has 2 heterocycles. The molecule has 0 unspecified atom stereocenters. The zero-order valence-electron chi connectivity index (χ0n) is 15.8. The van der Waals surface area contributed by atoms with Gasteiger partial charge < -0.3 is 9.72 Å². The molecular weight excluding hydrogens is 370 g/mol. The summed E-state index contributed by atoms with van der Waals surface area (Å²) in [6, 6.07) is 17.9. The largest absolute Gasteiger partial charge is 0.497 e. The zero-order valence-corrected chi connectivity index (χ0v) is 16.6. The molecule has 2 aromatic heterocycles. The van der Waals surface area contributed by atoms with Crippen molar-refractivity contribution in [1.29, 1.82) is 0 Å². The van der Waals surface area contributed by atoms with Crippen LogP contribution >= 0.6 is 11.3 Å². The van der Waals surface area contributed by atoms with Gasteiger partial charge in [0.05, 0.1) is 19.0 Å². The zero-order chi connectivity index (χ0) is 19.5. The van der Waals surface area contributed by atoms with Crippen LogP contribution in [0, 0.1) is 0 Å². The van der Waals surface area contributed by atoms with Crippen LogP contribution in [-0.4, -0.2) is 29.0 Å². The lowest BCUT2D eigenvalue weighted by Crippen LogP contribution is -2.21. The highest BCUT2D eigenvalue weighted by atomic mass is 32.1. The van der Waals surface area contributed by atoms with Gasteiger partial charge in [-0.25, -0.2) is 4.98 Å². The first kappa shape index (κ1) is 18.4. The highest BCUT2D eigenvalue weighted by Gasteiger charge is 2.13. The molecule has 0 radical (unpaired) electrons. The molecule has 0 bridgehead atoms. The van der Waals surface area contributed by atoms with Gasteiger partial charge in [-0.1, -0.05) is 42.5 Å². The Labute approximate surface area is 167 Å². The average Bonchev–Trinajstić information content (AvgIpc) is 3.14. The second kappa shape index (κ2) is 7.96. The summed E-state index contributed by atoms with van der Waals surface area (Å²) >= 11 is 1.51. The Morgan fingerprint density at radius 3 is 2.54 bits per heavy atom. The van der Waals surface area contributed by atoms with Gasteiger partial charge in [-0.15, -0.1) is 11.3 Å². The third kappa shape index (κ3) is 3.83. The summed E-state index contributed by atoms with van der Waals surface area (Å²) in [5, 5.41) is 2.67. The van der Waals surface area contributed by atoms with E-state index in [-0.39, 0.29) is 5.56 Å². The number of benzene rings is 2. The van der Waals surface area contributed by atoms with E-state index in [0.717, 1.165) is 28.3 Å². The molecule has 0 aliphatic carbocycles. The van der Waals surface area contributed by atoms with Crippen molar-refractivity contribution >= 4 is 21.6 Å². The number of hydrogen-bond donors (Lipinski definition) is 1. The maximum Gasteiger partial charge on any atom is 0.260 e. The molecule has 2 aromatic carbocycles. The number of rotatable bonds is 6. The second-order valence-electron chi connectivity index (χ2n) is 6.73. The molecule has 0 aliphatic rings. The van der Waals surface area contributed by atoms with Crippen molar-refractivity contribution < 1.29 is 4.74 Å². The Balaban J connectivity index is 1.55. The molecule has 5 nitrogen and oxygen atoms in total. The van der Waals surface area contributed by atoms with Crippen molar-refractivity contribution in [1.82, 2.24) is 14.9 Å². The fourth-order valence-electron chi connectivity index (χ4n) is 3.25. The number of thiophene rings is 1. The van der Waals surface area contributed by atoms with Gasteiger partial charge in [0.2, 0.25) is 0 Å². The van der Waals surface area contributed by atoms with E-state index >= 15 is 0 Å². The maximum atomic E-state index is 12.7. The van der Waals surface area contributed by atoms with Gasteiger partial charge in [0, 0.05) is 17.5 Å². The van der Waals surface area contributed by atoms with Crippen LogP contribution in [0.5, 0.6) is 5.75 Å². The van der Waals surface area contributed by atoms with Crippen LogP contribution in [0.4, 0.5) is 0 Å². The van der Waals surface area contributed by atoms with E-state index in [2.05, 4.69) is 9.88 Å². The summed E-state index contributed by atoms with van der Waals surface area (Å²) in [7, 11) is 3.67. The molecule has 28 heavy (non-hydrogen) atoms. The van der Waals surface area contributed by atoms with E-state index in [0.29, 0.717) is 17.8 Å². The molecule has 4 rings (SSSR count). The number of aromatic amines is 1. The smallest absolute Gasteiger partial charge is 0.260 e. The SMILES string of the molecule is COc1ccc(CN(C)Cc2nc3scc(-c4ccccc4)c3c(=O)[nH]2)cc1. The third-order valence-corrected chi connectivity index (χ3v) is 5.48. The van der Waals surface area contributed by atoms with Gasteiger partial charge in [0.1, 0.15) is 16.4 Å². The molecule has 1 N–H and O–H groups in total. The Kier molecular flexibility index (Phi) is 5.23. The summed E-state index contributed by atoms with van der Waals surface area (Å²) < 4.78 is 5.20. The Morgan fingerprint density at radius 2 is 1.82 bits per heavy atom. The van der Waals surface area contributed by atoms with Crippen LogP contribution < -0.4 is 10.3 Å². The van der Waals surface area contributed by atoms with Crippen molar-refractivity contribution in [2.24, 2.45) is 0 Å². The summed E-state index contributed by atoms with van der Waals surface area (Å²) in [6.07, 6.45) is 0. The second-order valence-corrected chi connectivity index (χ2v) is 7.59. The van der Waals surface area contributed by atoms with Crippen molar-refractivity contribution in [3.05, 3.63) is 81.7 Å². The molecule has 6 heteroatoms. The van der Waals surface area contributed by atoms with Crippen molar-refractivity contribution in [3.63, 3.8) is 0 Å². The lowest BCUT2D eigenvalue weighted by atomic mass is 10.1. The number of fused-ring (bicyclic) bond motifs is 1. The minimum absolute atomic E-state index is 0.0852. The fourth-order valence-corrected chi connectivity index (χ4v) is 4.22. The summed E-state index contributed by atoms with van der Waals surface area (Å²) in [4.78, 5) is 23.3. The molecule has 0 saturated carbocycles. The molecule has 0 saturated heterocycles. The van der Waals surface area contributed by atoms with Gasteiger partial charge in [0.25, 0.3) is 5.56 Å². The van der Waals surface area contributed by atoms with Gasteiger partial charge >= 0.3 is 0 Å². The number of H-pyrrole nitrogens is 1. The van der Waals surface area contributed by atoms with E-state index in [1.54, 1.807) is 7.11 Å². The molecule has 0 spiro atoms. The minimum Gasteiger partial charge on any atom is -0.497 e. The summed E-state index contributed by atoms with van der Waals surface area (Å²) in [6.45, 7) is 1.32. The number of hydrogen-bond acceptors (Lipinski definition) is 5. The summed E-state index contributed by atoms with van der Waals surface area (Å²) in [5.74, 6) is 1.52. The quantitative estimate of drug-likeness (QED) is 0.533. The molecule has 0 atom stereocenters. The first-order valence-electron chi connectivity index (χ1n) is 9.01. The number of ether oxygens (including phenoxy) is 1. The van der Waals surface area contributed by atoms with Crippen LogP contribution in [0.25, 0.3) is 21.3 Å². The third-order valence-electron chi connectivity index (χ3n) is 4.61. The van der Waals surface area contributed by atoms with E-state index in [1.807, 2.05) is 67.0 Å². The molecule has 142 valence electrons. The number of methoxy groups -OCH3 is 1. The van der Waals surface area contributed by atoms with E-state index in [1.165, 1.54) is 16.9 Å². The van der Waals surface area contributed by atoms with Gasteiger partial charge in [0.15, 0.2) is 0 Å². The predicted molar refractivity (Wildman–Crippen MR) is 114 cm³/mol. The lowest BCUT2D eigenvalue weighted by Gasteiger charge is -2.16. The predicted octanol–water partition coefficient (Wildman–Crippen LogP) is 4.29. The van der Waals surface area contributed by atoms with Crippen molar-refractivity contribution in [2.75, 3.05) is 14.2 Å². The highest BCUT2D eigenvalue weighted by molar-refractivity contribution is 7.17. The molecular formula is C22H21N3O2S. The van der Waals surface area contributed by atoms with Gasteiger partial charge in [-0.05, 0) is 30.3 Å². The van der Waals surface area contributed by atoms with Gasteiger partial charge in [-0.3, -0.25) is 9.69 Å². The molecule has 0 aliphatic heterocycles. The van der Waals surface area contributed by atoms with E-state index in [9.17, 15) is 4.79 Å².